The standard InChI is InChI=1S/C13H12N4O/c1-17-6-5-9-3-2-4-11(12(9)17)13(18)16-10-7-14-15-8-10/h2-8H,1H3,(H,14,15)(H,16,18). The van der Waals surface area contributed by atoms with Gasteiger partial charge in [-0.2, -0.15) is 5.10 Å². The third kappa shape index (κ3) is 1.66. The maximum Gasteiger partial charge on any atom is 0.257 e. The van der Waals surface area contributed by atoms with E-state index < -0.39 is 0 Å². The van der Waals surface area contributed by atoms with Crippen LogP contribution in [0.5, 0.6) is 0 Å². The number of amides is 1. The van der Waals surface area contributed by atoms with Crippen LogP contribution >= 0.6 is 0 Å². The van der Waals surface area contributed by atoms with Gasteiger partial charge in [0.25, 0.3) is 5.91 Å². The van der Waals surface area contributed by atoms with Crippen LogP contribution < -0.4 is 5.32 Å². The van der Waals surface area contributed by atoms with Gasteiger partial charge in [-0.15, -0.1) is 0 Å². The highest BCUT2D eigenvalue weighted by Crippen LogP contribution is 2.20. The molecule has 0 bridgehead atoms. The number of carbonyl (C=O) groups excluding carboxylic acids is 1. The molecule has 18 heavy (non-hydrogen) atoms. The van der Waals surface area contributed by atoms with Crippen LogP contribution in [-0.4, -0.2) is 20.7 Å². The molecule has 0 unspecified atom stereocenters. The minimum atomic E-state index is -0.135. The molecule has 2 N–H and O–H groups in total. The minimum Gasteiger partial charge on any atom is -0.350 e. The fraction of sp³-hybridized carbons (Fsp3) is 0.0769. The average molecular weight is 240 g/mol. The smallest absolute Gasteiger partial charge is 0.257 e. The summed E-state index contributed by atoms with van der Waals surface area (Å²) in [5.41, 5.74) is 2.24. The monoisotopic (exact) mass is 240 g/mol. The van der Waals surface area contributed by atoms with E-state index in [2.05, 4.69) is 15.5 Å². The molecule has 0 fully saturated rings. The lowest BCUT2D eigenvalue weighted by atomic mass is 10.1. The summed E-state index contributed by atoms with van der Waals surface area (Å²) < 4.78 is 1.94. The number of nitrogens with zero attached hydrogens (tertiary/aromatic N) is 2. The molecule has 1 aromatic carbocycles. The van der Waals surface area contributed by atoms with Gasteiger partial charge in [-0.25, -0.2) is 0 Å². The van der Waals surface area contributed by atoms with Gasteiger partial charge >= 0.3 is 0 Å². The van der Waals surface area contributed by atoms with Crippen molar-refractivity contribution in [1.82, 2.24) is 14.8 Å². The van der Waals surface area contributed by atoms with E-state index in [1.807, 2.05) is 42.1 Å². The number of rotatable bonds is 2. The number of aryl methyl sites for hydroxylation is 1. The highest BCUT2D eigenvalue weighted by Gasteiger charge is 2.12. The van der Waals surface area contributed by atoms with Gasteiger partial charge in [0.2, 0.25) is 0 Å². The molecule has 1 amide bonds. The minimum absolute atomic E-state index is 0.135. The zero-order valence-electron chi connectivity index (χ0n) is 9.84. The second kappa shape index (κ2) is 4.03. The van der Waals surface area contributed by atoms with Gasteiger partial charge in [-0.05, 0) is 12.1 Å². The molecule has 0 aliphatic carbocycles. The van der Waals surface area contributed by atoms with Crippen LogP contribution in [0.1, 0.15) is 10.4 Å². The first-order chi connectivity index (χ1) is 8.75. The summed E-state index contributed by atoms with van der Waals surface area (Å²) in [5, 5.41) is 10.3. The number of nitrogens with one attached hydrogen (secondary N) is 2. The SMILES string of the molecule is Cn1ccc2cccc(C(=O)Nc3cn[nH]c3)c21. The summed E-state index contributed by atoms with van der Waals surface area (Å²) in [6.45, 7) is 0. The highest BCUT2D eigenvalue weighted by molar-refractivity contribution is 6.12. The number of hydrogen-bond donors (Lipinski definition) is 2. The Morgan fingerprint density at radius 3 is 3.06 bits per heavy atom. The fourth-order valence-electron chi connectivity index (χ4n) is 2.06. The molecule has 0 radical (unpaired) electrons. The van der Waals surface area contributed by atoms with Gasteiger partial charge in [-0.3, -0.25) is 9.89 Å². The number of carbonyl (C=O) groups is 1. The molecule has 5 nitrogen and oxygen atoms in total. The van der Waals surface area contributed by atoms with Crippen molar-refractivity contribution in [2.45, 2.75) is 0 Å². The number of fused-ring (bicyclic) bond motifs is 1. The van der Waals surface area contributed by atoms with E-state index in [0.29, 0.717) is 11.3 Å². The summed E-state index contributed by atoms with van der Waals surface area (Å²) in [4.78, 5) is 12.2. The van der Waals surface area contributed by atoms with Crippen LogP contribution in [0.3, 0.4) is 0 Å². The van der Waals surface area contributed by atoms with Gasteiger partial charge in [0, 0.05) is 24.8 Å². The Balaban J connectivity index is 2.03. The van der Waals surface area contributed by atoms with Crippen molar-refractivity contribution >= 4 is 22.5 Å². The Morgan fingerprint density at radius 2 is 2.28 bits per heavy atom. The Bertz CT molecular complexity index is 697. The zero-order chi connectivity index (χ0) is 12.5. The number of hydrogen-bond acceptors (Lipinski definition) is 2. The first kappa shape index (κ1) is 10.6. The van der Waals surface area contributed by atoms with Crippen molar-refractivity contribution in [2.24, 2.45) is 7.05 Å². The molecule has 0 saturated carbocycles. The largest absolute Gasteiger partial charge is 0.350 e. The van der Waals surface area contributed by atoms with Gasteiger partial charge in [0.15, 0.2) is 0 Å². The fourth-order valence-corrected chi connectivity index (χ4v) is 2.06. The highest BCUT2D eigenvalue weighted by atomic mass is 16.1. The molecule has 0 saturated heterocycles. The lowest BCUT2D eigenvalue weighted by molar-refractivity contribution is 0.102. The Morgan fingerprint density at radius 1 is 1.39 bits per heavy atom. The zero-order valence-corrected chi connectivity index (χ0v) is 9.84. The second-order valence-corrected chi connectivity index (χ2v) is 4.11. The molecule has 0 atom stereocenters. The van der Waals surface area contributed by atoms with E-state index in [4.69, 9.17) is 0 Å². The van der Waals surface area contributed by atoms with Gasteiger partial charge in [0.05, 0.1) is 23.0 Å². The van der Waals surface area contributed by atoms with Gasteiger partial charge in [-0.1, -0.05) is 12.1 Å². The first-order valence-corrected chi connectivity index (χ1v) is 5.60. The maximum absolute atomic E-state index is 12.2. The molecule has 0 spiro atoms. The number of aromatic nitrogens is 3. The average Bonchev–Trinajstić information content (AvgIpc) is 2.99. The van der Waals surface area contributed by atoms with E-state index in [-0.39, 0.29) is 5.91 Å². The summed E-state index contributed by atoms with van der Waals surface area (Å²) >= 11 is 0. The quantitative estimate of drug-likeness (QED) is 0.721. The number of benzene rings is 1. The number of H-pyrrole nitrogens is 1. The van der Waals surface area contributed by atoms with Crippen LogP contribution in [0.2, 0.25) is 0 Å². The summed E-state index contributed by atoms with van der Waals surface area (Å²) in [5.74, 6) is -0.135. The normalized spacial score (nSPS) is 10.7. The molecular weight excluding hydrogens is 228 g/mol. The van der Waals surface area contributed by atoms with Crippen LogP contribution in [0, 0.1) is 0 Å². The third-order valence-electron chi connectivity index (χ3n) is 2.90. The van der Waals surface area contributed by atoms with E-state index in [9.17, 15) is 4.79 Å². The molecule has 2 heterocycles. The predicted molar refractivity (Wildman–Crippen MR) is 69.5 cm³/mol. The Hall–Kier alpha value is -2.56. The summed E-state index contributed by atoms with van der Waals surface area (Å²) in [6, 6.07) is 7.68. The number of para-hydroxylation sites is 1. The summed E-state index contributed by atoms with van der Waals surface area (Å²) in [6.07, 6.45) is 5.16. The van der Waals surface area contributed by atoms with E-state index in [1.165, 1.54) is 0 Å². The molecule has 3 rings (SSSR count). The summed E-state index contributed by atoms with van der Waals surface area (Å²) in [7, 11) is 1.93. The van der Waals surface area contributed by atoms with Gasteiger partial charge in [0.1, 0.15) is 0 Å². The topological polar surface area (TPSA) is 62.7 Å². The first-order valence-electron chi connectivity index (χ1n) is 5.60. The lowest BCUT2D eigenvalue weighted by Crippen LogP contribution is -2.12. The number of aromatic amines is 1. The molecule has 0 aliphatic rings. The maximum atomic E-state index is 12.2. The van der Waals surface area contributed by atoms with Crippen molar-refractivity contribution < 1.29 is 4.79 Å². The van der Waals surface area contributed by atoms with E-state index >= 15 is 0 Å². The molecule has 90 valence electrons. The van der Waals surface area contributed by atoms with Crippen LogP contribution in [0.4, 0.5) is 5.69 Å². The van der Waals surface area contributed by atoms with Crippen LogP contribution in [-0.2, 0) is 7.05 Å². The lowest BCUT2D eigenvalue weighted by Gasteiger charge is -2.06. The number of anilines is 1. The van der Waals surface area contributed by atoms with Crippen LogP contribution in [0.25, 0.3) is 10.9 Å². The third-order valence-corrected chi connectivity index (χ3v) is 2.90. The molecule has 3 aromatic rings. The van der Waals surface area contributed by atoms with Crippen molar-refractivity contribution in [2.75, 3.05) is 5.32 Å². The van der Waals surface area contributed by atoms with Crippen LogP contribution in [0.15, 0.2) is 42.9 Å². The Labute approximate surface area is 103 Å². The van der Waals surface area contributed by atoms with Gasteiger partial charge < -0.3 is 9.88 Å². The van der Waals surface area contributed by atoms with E-state index in [1.54, 1.807) is 12.4 Å². The van der Waals surface area contributed by atoms with Crippen molar-refractivity contribution in [3.63, 3.8) is 0 Å². The predicted octanol–water partition coefficient (Wildman–Crippen LogP) is 2.15. The molecule has 5 heteroatoms. The molecule has 2 aromatic heterocycles. The Kier molecular flexibility index (Phi) is 2.37. The van der Waals surface area contributed by atoms with Crippen molar-refractivity contribution in [3.8, 4) is 0 Å². The van der Waals surface area contributed by atoms with E-state index in [0.717, 1.165) is 10.9 Å². The second-order valence-electron chi connectivity index (χ2n) is 4.11. The molecular formula is C13H12N4O. The van der Waals surface area contributed by atoms with Crippen molar-refractivity contribution in [1.29, 1.82) is 0 Å². The molecule has 0 aliphatic heterocycles. The van der Waals surface area contributed by atoms with Crippen molar-refractivity contribution in [3.05, 3.63) is 48.4 Å².